The van der Waals surface area contributed by atoms with Crippen LogP contribution >= 0.6 is 0 Å². The van der Waals surface area contributed by atoms with Crippen LogP contribution in [0.5, 0.6) is 0 Å². The third-order valence-electron chi connectivity index (χ3n) is 1.13. The summed E-state index contributed by atoms with van der Waals surface area (Å²) in [6.45, 7) is 0.513. The first-order valence-corrected chi connectivity index (χ1v) is 2.44. The van der Waals surface area contributed by atoms with Crippen molar-refractivity contribution in [2.24, 2.45) is 0 Å². The highest BCUT2D eigenvalue weighted by Gasteiger charge is 2.19. The Balaban J connectivity index is 2.51. The predicted octanol–water partition coefficient (Wildman–Crippen LogP) is -1.23. The number of guanidine groups is 1. The van der Waals surface area contributed by atoms with Gasteiger partial charge in [-0.15, -0.1) is 0 Å². The van der Waals surface area contributed by atoms with E-state index in [0.717, 1.165) is 0 Å². The Hall–Kier alpha value is -0.770. The normalized spacial score (nSPS) is 28.5. The first kappa shape index (κ1) is 5.37. The second kappa shape index (κ2) is 1.63. The average Bonchev–Trinajstić information content (AvgIpc) is 1.85. The molecule has 1 saturated heterocycles. The van der Waals surface area contributed by atoms with Crippen LogP contribution in [0.4, 0.5) is 0 Å². The number of rotatable bonds is 0. The number of hydrogen-bond acceptors (Lipinski definition) is 2. The summed E-state index contributed by atoms with van der Waals surface area (Å²) in [5, 5.41) is 18.3. The van der Waals surface area contributed by atoms with Gasteiger partial charge in [0.2, 0.25) is 0 Å². The lowest BCUT2D eigenvalue weighted by Crippen LogP contribution is -2.27. The van der Waals surface area contributed by atoms with Crippen LogP contribution in [0.3, 0.4) is 0 Å². The van der Waals surface area contributed by atoms with E-state index in [9.17, 15) is 0 Å². The lowest BCUT2D eigenvalue weighted by Gasteiger charge is -2.04. The molecule has 4 nitrogen and oxygen atoms in total. The standard InChI is InChI=1S/C4H9N3O/c1-7-2-3(8)6-4(7)5/h3,8H,2H2,1H3,(H2,5,6). The maximum atomic E-state index is 8.78. The number of aliphatic hydroxyl groups excluding tert-OH is 1. The van der Waals surface area contributed by atoms with Crippen molar-refractivity contribution in [3.8, 4) is 0 Å². The second-order valence-corrected chi connectivity index (χ2v) is 1.89. The Bertz CT molecular complexity index is 114. The van der Waals surface area contributed by atoms with Crippen molar-refractivity contribution < 1.29 is 5.11 Å². The Kier molecular flexibility index (Phi) is 1.09. The van der Waals surface area contributed by atoms with Gasteiger partial charge in [0.15, 0.2) is 5.96 Å². The summed E-state index contributed by atoms with van der Waals surface area (Å²) < 4.78 is 0. The monoisotopic (exact) mass is 115 g/mol. The smallest absolute Gasteiger partial charge is 0.193 e. The van der Waals surface area contributed by atoms with Crippen molar-refractivity contribution in [3.05, 3.63) is 0 Å². The fourth-order valence-corrected chi connectivity index (χ4v) is 0.664. The lowest BCUT2D eigenvalue weighted by molar-refractivity contribution is 0.165. The fraction of sp³-hybridized carbons (Fsp3) is 0.750. The summed E-state index contributed by atoms with van der Waals surface area (Å²) in [5.41, 5.74) is 0. The maximum absolute atomic E-state index is 8.78. The van der Waals surface area contributed by atoms with Crippen LogP contribution in [0, 0.1) is 5.41 Å². The van der Waals surface area contributed by atoms with E-state index in [1.54, 1.807) is 11.9 Å². The summed E-state index contributed by atoms with van der Waals surface area (Å²) in [6.07, 6.45) is -0.549. The highest BCUT2D eigenvalue weighted by Crippen LogP contribution is 1.94. The molecule has 0 aromatic carbocycles. The third kappa shape index (κ3) is 0.742. The van der Waals surface area contributed by atoms with Crippen molar-refractivity contribution in [2.75, 3.05) is 13.6 Å². The summed E-state index contributed by atoms with van der Waals surface area (Å²) in [7, 11) is 1.76. The molecule has 1 heterocycles. The van der Waals surface area contributed by atoms with E-state index < -0.39 is 6.23 Å². The summed E-state index contributed by atoms with van der Waals surface area (Å²) in [4.78, 5) is 1.64. The number of hydrogen-bond donors (Lipinski definition) is 3. The van der Waals surface area contributed by atoms with Crippen molar-refractivity contribution >= 4 is 5.96 Å². The molecule has 1 atom stereocenters. The van der Waals surface area contributed by atoms with Crippen LogP contribution in [0.1, 0.15) is 0 Å². The molecular weight excluding hydrogens is 106 g/mol. The molecule has 0 aromatic rings. The minimum absolute atomic E-state index is 0.289. The third-order valence-corrected chi connectivity index (χ3v) is 1.13. The van der Waals surface area contributed by atoms with E-state index in [1.807, 2.05) is 0 Å². The van der Waals surface area contributed by atoms with Crippen LogP contribution in [0.2, 0.25) is 0 Å². The van der Waals surface area contributed by atoms with Gasteiger partial charge < -0.3 is 15.3 Å². The van der Waals surface area contributed by atoms with Crippen molar-refractivity contribution in [1.29, 1.82) is 5.41 Å². The predicted molar refractivity (Wildman–Crippen MR) is 29.5 cm³/mol. The highest BCUT2D eigenvalue weighted by atomic mass is 16.3. The van der Waals surface area contributed by atoms with Gasteiger partial charge in [0.05, 0.1) is 6.54 Å². The van der Waals surface area contributed by atoms with E-state index in [4.69, 9.17) is 10.5 Å². The van der Waals surface area contributed by atoms with E-state index >= 15 is 0 Å². The molecule has 1 aliphatic heterocycles. The molecule has 1 fully saturated rings. The van der Waals surface area contributed by atoms with Crippen molar-refractivity contribution in [3.63, 3.8) is 0 Å². The van der Waals surface area contributed by atoms with Gasteiger partial charge >= 0.3 is 0 Å². The molecule has 0 saturated carbocycles. The number of aliphatic hydroxyl groups is 1. The second-order valence-electron chi connectivity index (χ2n) is 1.89. The zero-order valence-electron chi connectivity index (χ0n) is 4.68. The van der Waals surface area contributed by atoms with E-state index in [0.29, 0.717) is 6.54 Å². The number of likely N-dealkylation sites (N-methyl/N-ethyl adjacent to an activating group) is 1. The molecule has 0 amide bonds. The molecule has 46 valence electrons. The maximum Gasteiger partial charge on any atom is 0.193 e. The summed E-state index contributed by atoms with van der Waals surface area (Å²) in [6, 6.07) is 0. The molecule has 1 aliphatic rings. The van der Waals surface area contributed by atoms with E-state index in [2.05, 4.69) is 5.32 Å². The topological polar surface area (TPSA) is 59.4 Å². The quantitative estimate of drug-likeness (QED) is 0.370. The van der Waals surface area contributed by atoms with Crippen molar-refractivity contribution in [2.45, 2.75) is 6.23 Å². The summed E-state index contributed by atoms with van der Waals surface area (Å²) >= 11 is 0. The van der Waals surface area contributed by atoms with Crippen LogP contribution in [0.15, 0.2) is 0 Å². The van der Waals surface area contributed by atoms with Crippen LogP contribution in [0.25, 0.3) is 0 Å². The van der Waals surface area contributed by atoms with E-state index in [-0.39, 0.29) is 5.96 Å². The molecule has 8 heavy (non-hydrogen) atoms. The van der Waals surface area contributed by atoms with Gasteiger partial charge in [-0.3, -0.25) is 5.41 Å². The Labute approximate surface area is 47.6 Å². The van der Waals surface area contributed by atoms with Crippen LogP contribution in [-0.4, -0.2) is 35.8 Å². The van der Waals surface area contributed by atoms with E-state index in [1.165, 1.54) is 0 Å². The largest absolute Gasteiger partial charge is 0.372 e. The molecular formula is C4H9N3O. The molecule has 1 rings (SSSR count). The Morgan fingerprint density at radius 1 is 2.00 bits per heavy atom. The molecule has 0 aromatic heterocycles. The number of nitrogens with one attached hydrogen (secondary N) is 2. The minimum Gasteiger partial charge on any atom is -0.372 e. The Morgan fingerprint density at radius 3 is 2.75 bits per heavy atom. The average molecular weight is 115 g/mol. The van der Waals surface area contributed by atoms with Gasteiger partial charge in [0, 0.05) is 7.05 Å². The minimum atomic E-state index is -0.549. The SMILES string of the molecule is CN1CC(O)NC1=N. The van der Waals surface area contributed by atoms with Crippen LogP contribution < -0.4 is 5.32 Å². The van der Waals surface area contributed by atoms with Gasteiger partial charge in [-0.05, 0) is 0 Å². The first-order chi connectivity index (χ1) is 3.70. The molecule has 0 spiro atoms. The first-order valence-electron chi connectivity index (χ1n) is 2.44. The molecule has 1 unspecified atom stereocenters. The Morgan fingerprint density at radius 2 is 2.62 bits per heavy atom. The van der Waals surface area contributed by atoms with Gasteiger partial charge in [-0.2, -0.15) is 0 Å². The fourth-order valence-electron chi connectivity index (χ4n) is 0.664. The molecule has 0 aliphatic carbocycles. The van der Waals surface area contributed by atoms with Gasteiger partial charge in [-0.1, -0.05) is 0 Å². The summed E-state index contributed by atoms with van der Waals surface area (Å²) in [5.74, 6) is 0.289. The zero-order valence-corrected chi connectivity index (χ0v) is 4.68. The number of β-amino-alcohol motifs (C(OH)–C–C–N with tert-alkyl or cyclic N) is 1. The molecule has 4 heteroatoms. The lowest BCUT2D eigenvalue weighted by atomic mass is 10.6. The van der Waals surface area contributed by atoms with Crippen molar-refractivity contribution in [1.82, 2.24) is 10.2 Å². The zero-order chi connectivity index (χ0) is 6.15. The molecule has 3 N–H and O–H groups in total. The van der Waals surface area contributed by atoms with Gasteiger partial charge in [0.25, 0.3) is 0 Å². The highest BCUT2D eigenvalue weighted by molar-refractivity contribution is 5.78. The number of nitrogens with zero attached hydrogens (tertiary/aromatic N) is 1. The molecule has 0 bridgehead atoms. The molecule has 0 radical (unpaired) electrons. The van der Waals surface area contributed by atoms with Crippen LogP contribution in [-0.2, 0) is 0 Å². The van der Waals surface area contributed by atoms with Gasteiger partial charge in [0.1, 0.15) is 6.23 Å². The van der Waals surface area contributed by atoms with Gasteiger partial charge in [-0.25, -0.2) is 0 Å².